The number of aromatic nitrogens is 4. The Labute approximate surface area is 219 Å². The van der Waals surface area contributed by atoms with Crippen molar-refractivity contribution in [2.45, 2.75) is 42.7 Å². The van der Waals surface area contributed by atoms with Crippen molar-refractivity contribution in [2.24, 2.45) is 11.1 Å². The van der Waals surface area contributed by atoms with E-state index in [2.05, 4.69) is 30.8 Å². The zero-order valence-electron chi connectivity index (χ0n) is 20.7. The third-order valence-corrected chi connectivity index (χ3v) is 8.57. The Morgan fingerprint density at radius 3 is 2.26 bits per heavy atom. The number of nitrogens with one attached hydrogen (secondary N) is 2. The van der Waals surface area contributed by atoms with Crippen LogP contribution >= 0.6 is 0 Å². The molecule has 3 heterocycles. The van der Waals surface area contributed by atoms with E-state index in [9.17, 15) is 21.6 Å². The van der Waals surface area contributed by atoms with Crippen molar-refractivity contribution >= 4 is 10.0 Å². The molecule has 2 aliphatic rings. The highest BCUT2D eigenvalue weighted by atomic mass is 32.2. The average molecular weight is 550 g/mol. The first-order valence-corrected chi connectivity index (χ1v) is 14.2. The van der Waals surface area contributed by atoms with Crippen LogP contribution in [0.4, 0.5) is 13.2 Å². The first kappa shape index (κ1) is 26.7. The summed E-state index contributed by atoms with van der Waals surface area (Å²) in [7, 11) is -4.80. The van der Waals surface area contributed by atoms with E-state index in [1.54, 1.807) is 12.1 Å². The van der Waals surface area contributed by atoms with Gasteiger partial charge in [0.2, 0.25) is 15.8 Å². The molecular formula is C25H30F3N7O2S. The van der Waals surface area contributed by atoms with Crippen molar-refractivity contribution in [3.05, 3.63) is 47.5 Å². The molecule has 2 saturated heterocycles. The molecule has 0 radical (unpaired) electrons. The molecule has 13 heteroatoms. The number of H-pyrrole nitrogens is 1. The molecule has 0 saturated carbocycles. The van der Waals surface area contributed by atoms with E-state index in [0.717, 1.165) is 63.1 Å². The second kappa shape index (κ2) is 10.7. The van der Waals surface area contributed by atoms with Gasteiger partial charge in [-0.15, -0.1) is 10.2 Å². The maximum atomic E-state index is 13.8. The van der Waals surface area contributed by atoms with Crippen molar-refractivity contribution in [1.29, 1.82) is 0 Å². The second-order valence-corrected chi connectivity index (χ2v) is 11.5. The zero-order chi connectivity index (χ0) is 26.9. The van der Waals surface area contributed by atoms with Crippen LogP contribution in [0.1, 0.15) is 42.7 Å². The Hall–Kier alpha value is -2.87. The maximum absolute atomic E-state index is 13.8. The van der Waals surface area contributed by atoms with Gasteiger partial charge in [0.25, 0.3) is 0 Å². The molecule has 4 N–H and O–H groups in total. The lowest BCUT2D eigenvalue weighted by atomic mass is 9.87. The highest BCUT2D eigenvalue weighted by Gasteiger charge is 2.40. The number of rotatable bonds is 6. The van der Waals surface area contributed by atoms with Gasteiger partial charge in [-0.1, -0.05) is 30.3 Å². The molecule has 0 aliphatic carbocycles. The molecule has 0 spiro atoms. The highest BCUT2D eigenvalue weighted by molar-refractivity contribution is 7.89. The van der Waals surface area contributed by atoms with E-state index < -0.39 is 26.7 Å². The summed E-state index contributed by atoms with van der Waals surface area (Å²) >= 11 is 0. The summed E-state index contributed by atoms with van der Waals surface area (Å²) in [6, 6.07) is 9.43. The SMILES string of the molecule is NS(=O)(=O)c1c(C(F)(F)F)ccc(-c2ccc(C3CCN(CC4CCNCC4)CC3)cc2)c1-c1nn[nH]n1. The van der Waals surface area contributed by atoms with E-state index in [4.69, 9.17) is 5.14 Å². The fourth-order valence-electron chi connectivity index (χ4n) is 5.64. The van der Waals surface area contributed by atoms with Crippen LogP contribution in [0.5, 0.6) is 0 Å². The van der Waals surface area contributed by atoms with Crippen LogP contribution in [-0.2, 0) is 16.2 Å². The fraction of sp³-hybridized carbons (Fsp3) is 0.480. The van der Waals surface area contributed by atoms with E-state index in [1.165, 1.54) is 18.9 Å². The van der Waals surface area contributed by atoms with Crippen LogP contribution < -0.4 is 10.5 Å². The number of aromatic amines is 1. The molecule has 2 aliphatic heterocycles. The number of tetrazole rings is 1. The summed E-state index contributed by atoms with van der Waals surface area (Å²) in [5.74, 6) is 0.851. The van der Waals surface area contributed by atoms with Crippen LogP contribution in [0, 0.1) is 5.92 Å². The molecule has 0 amide bonds. The third-order valence-electron chi connectivity index (χ3n) is 7.57. The molecule has 2 fully saturated rings. The minimum atomic E-state index is -4.95. The molecule has 1 aromatic heterocycles. The van der Waals surface area contributed by atoms with Crippen LogP contribution in [-0.4, -0.2) is 66.7 Å². The van der Waals surface area contributed by atoms with Crippen molar-refractivity contribution in [1.82, 2.24) is 30.8 Å². The van der Waals surface area contributed by atoms with E-state index in [0.29, 0.717) is 11.5 Å². The van der Waals surface area contributed by atoms with Crippen molar-refractivity contribution in [3.63, 3.8) is 0 Å². The summed E-state index contributed by atoms with van der Waals surface area (Å²) < 4.78 is 66.1. The Morgan fingerprint density at radius 1 is 1.00 bits per heavy atom. The zero-order valence-corrected chi connectivity index (χ0v) is 21.5. The van der Waals surface area contributed by atoms with Gasteiger partial charge < -0.3 is 10.2 Å². The van der Waals surface area contributed by atoms with Crippen LogP contribution in [0.15, 0.2) is 41.3 Å². The summed E-state index contributed by atoms with van der Waals surface area (Å²) in [5, 5.41) is 21.8. The number of benzene rings is 2. The van der Waals surface area contributed by atoms with Crippen molar-refractivity contribution < 1.29 is 21.6 Å². The van der Waals surface area contributed by atoms with E-state index >= 15 is 0 Å². The molecule has 9 nitrogen and oxygen atoms in total. The molecule has 2 aromatic carbocycles. The lowest BCUT2D eigenvalue weighted by molar-refractivity contribution is -0.139. The topological polar surface area (TPSA) is 130 Å². The number of alkyl halides is 3. The summed E-state index contributed by atoms with van der Waals surface area (Å²) in [6.07, 6.45) is -0.428. The Kier molecular flexibility index (Phi) is 7.54. The number of hydrogen-bond donors (Lipinski definition) is 3. The monoisotopic (exact) mass is 549 g/mol. The quantitative estimate of drug-likeness (QED) is 0.430. The molecule has 38 heavy (non-hydrogen) atoms. The fourth-order valence-corrected chi connectivity index (χ4v) is 6.62. The number of likely N-dealkylation sites (tertiary alicyclic amines) is 1. The van der Waals surface area contributed by atoms with Crippen LogP contribution in [0.3, 0.4) is 0 Å². The Morgan fingerprint density at radius 2 is 1.68 bits per heavy atom. The Bertz CT molecular complexity index is 1350. The number of nitrogens with zero attached hydrogens (tertiary/aromatic N) is 4. The van der Waals surface area contributed by atoms with Crippen molar-refractivity contribution in [3.8, 4) is 22.5 Å². The van der Waals surface area contributed by atoms with Gasteiger partial charge in [-0.2, -0.15) is 18.4 Å². The van der Waals surface area contributed by atoms with Gasteiger partial charge in [0.1, 0.15) is 4.90 Å². The van der Waals surface area contributed by atoms with Gasteiger partial charge in [-0.05, 0) is 91.7 Å². The standard InChI is InChI=1S/C25H30F3N7O2S/c26-25(27,28)21-6-5-20(22(23(21)38(29,36)37)24-31-33-34-32-24)19-3-1-17(2-4-19)18-9-13-35(14-10-18)15-16-7-11-30-12-8-16/h1-6,16,18,30H,7-15H2,(H2,29,36,37)(H,31,32,33,34). The van der Waals surface area contributed by atoms with Crippen molar-refractivity contribution in [2.75, 3.05) is 32.7 Å². The third kappa shape index (κ3) is 5.75. The molecule has 0 bridgehead atoms. The maximum Gasteiger partial charge on any atom is 0.417 e. The van der Waals surface area contributed by atoms with Gasteiger partial charge in [0, 0.05) is 6.54 Å². The first-order chi connectivity index (χ1) is 18.1. The van der Waals surface area contributed by atoms with Gasteiger partial charge in [-0.3, -0.25) is 0 Å². The van der Waals surface area contributed by atoms with Gasteiger partial charge in [0.05, 0.1) is 11.1 Å². The first-order valence-electron chi connectivity index (χ1n) is 12.7. The molecule has 5 rings (SSSR count). The van der Waals surface area contributed by atoms with E-state index in [1.807, 2.05) is 12.1 Å². The lowest BCUT2D eigenvalue weighted by Gasteiger charge is -2.35. The number of sulfonamides is 1. The number of halogens is 3. The molecule has 204 valence electrons. The molecule has 0 unspecified atom stereocenters. The number of piperidine rings is 2. The minimum absolute atomic E-state index is 0.215. The van der Waals surface area contributed by atoms with Crippen LogP contribution in [0.2, 0.25) is 0 Å². The predicted molar refractivity (Wildman–Crippen MR) is 135 cm³/mol. The molecular weight excluding hydrogens is 519 g/mol. The number of primary sulfonamides is 1. The van der Waals surface area contributed by atoms with Crippen LogP contribution in [0.25, 0.3) is 22.5 Å². The second-order valence-electron chi connectivity index (χ2n) is 10.0. The molecule has 3 aromatic rings. The van der Waals surface area contributed by atoms with E-state index in [-0.39, 0.29) is 17.0 Å². The average Bonchev–Trinajstić information content (AvgIpc) is 3.43. The normalized spacial score (nSPS) is 18.6. The smallest absolute Gasteiger partial charge is 0.317 e. The number of hydrogen-bond acceptors (Lipinski definition) is 7. The van der Waals surface area contributed by atoms with Gasteiger partial charge >= 0.3 is 6.18 Å². The van der Waals surface area contributed by atoms with Gasteiger partial charge in [-0.25, -0.2) is 13.6 Å². The lowest BCUT2D eigenvalue weighted by Crippen LogP contribution is -2.39. The summed E-state index contributed by atoms with van der Waals surface area (Å²) in [6.45, 7) is 5.41. The minimum Gasteiger partial charge on any atom is -0.317 e. The summed E-state index contributed by atoms with van der Waals surface area (Å²) in [5.41, 5.74) is 0.170. The Balaban J connectivity index is 1.41. The highest BCUT2D eigenvalue weighted by Crippen LogP contribution is 2.43. The van der Waals surface area contributed by atoms with Gasteiger partial charge in [0.15, 0.2) is 0 Å². The number of nitrogens with two attached hydrogens (primary N) is 1. The summed E-state index contributed by atoms with van der Waals surface area (Å²) in [4.78, 5) is 1.48. The largest absolute Gasteiger partial charge is 0.417 e. The predicted octanol–water partition coefficient (Wildman–Crippen LogP) is 3.38. The molecule has 0 atom stereocenters.